The molecule has 104 valence electrons. The van der Waals surface area contributed by atoms with E-state index in [1.807, 2.05) is 20.3 Å². The summed E-state index contributed by atoms with van der Waals surface area (Å²) >= 11 is 3.43. The lowest BCUT2D eigenvalue weighted by atomic mass is 9.96. The van der Waals surface area contributed by atoms with Crippen molar-refractivity contribution in [2.75, 3.05) is 32.1 Å². The number of piperidine rings is 1. The predicted molar refractivity (Wildman–Crippen MR) is 80.3 cm³/mol. The number of nitrogens with zero attached hydrogens (tertiary/aromatic N) is 3. The van der Waals surface area contributed by atoms with Crippen LogP contribution >= 0.6 is 15.9 Å². The number of carbonyl (C=O) groups is 1. The van der Waals surface area contributed by atoms with Crippen molar-refractivity contribution in [1.29, 1.82) is 0 Å². The number of rotatable bonds is 2. The highest BCUT2D eigenvalue weighted by Gasteiger charge is 2.28. The van der Waals surface area contributed by atoms with E-state index in [-0.39, 0.29) is 11.8 Å². The number of amides is 1. The minimum atomic E-state index is 0.0913. The average molecular weight is 326 g/mol. The van der Waals surface area contributed by atoms with Crippen molar-refractivity contribution in [3.63, 3.8) is 0 Å². The number of carbonyl (C=O) groups excluding carboxylic acids is 1. The molecule has 1 unspecified atom stereocenters. The minimum absolute atomic E-state index is 0.0913. The molecule has 1 fully saturated rings. The minimum Gasteiger partial charge on any atom is -0.356 e. The summed E-state index contributed by atoms with van der Waals surface area (Å²) in [5, 5.41) is 0. The number of anilines is 1. The van der Waals surface area contributed by atoms with Gasteiger partial charge in [0.15, 0.2) is 0 Å². The fraction of sp³-hybridized carbons (Fsp3) is 0.571. The van der Waals surface area contributed by atoms with Crippen LogP contribution in [0, 0.1) is 12.8 Å². The van der Waals surface area contributed by atoms with Crippen LogP contribution in [-0.4, -0.2) is 43.0 Å². The Labute approximate surface area is 122 Å². The molecule has 1 aromatic heterocycles. The van der Waals surface area contributed by atoms with Crippen LogP contribution in [0.3, 0.4) is 0 Å². The first-order chi connectivity index (χ1) is 8.99. The molecule has 0 aromatic carbocycles. The quantitative estimate of drug-likeness (QED) is 0.838. The van der Waals surface area contributed by atoms with E-state index in [2.05, 4.69) is 38.8 Å². The van der Waals surface area contributed by atoms with E-state index in [9.17, 15) is 4.79 Å². The van der Waals surface area contributed by atoms with E-state index in [0.717, 1.165) is 41.8 Å². The second-order valence-corrected chi connectivity index (χ2v) is 6.23. The van der Waals surface area contributed by atoms with Crippen LogP contribution in [0.4, 0.5) is 5.82 Å². The Morgan fingerprint density at radius 3 is 2.89 bits per heavy atom. The summed E-state index contributed by atoms with van der Waals surface area (Å²) in [6.07, 6.45) is 3.84. The van der Waals surface area contributed by atoms with Gasteiger partial charge in [0, 0.05) is 37.9 Å². The molecule has 1 aliphatic heterocycles. The van der Waals surface area contributed by atoms with Crippen molar-refractivity contribution in [2.24, 2.45) is 5.92 Å². The smallest absolute Gasteiger partial charge is 0.226 e. The van der Waals surface area contributed by atoms with Gasteiger partial charge >= 0.3 is 0 Å². The molecule has 0 aliphatic carbocycles. The molecule has 0 radical (unpaired) electrons. The fourth-order valence-electron chi connectivity index (χ4n) is 2.60. The monoisotopic (exact) mass is 325 g/mol. The Bertz CT molecular complexity index is 476. The molecule has 0 saturated carbocycles. The topological polar surface area (TPSA) is 36.4 Å². The van der Waals surface area contributed by atoms with E-state index >= 15 is 0 Å². The number of halogens is 1. The molecule has 2 rings (SSSR count). The van der Waals surface area contributed by atoms with Gasteiger partial charge < -0.3 is 9.80 Å². The van der Waals surface area contributed by atoms with Gasteiger partial charge in [-0.3, -0.25) is 4.79 Å². The van der Waals surface area contributed by atoms with Gasteiger partial charge in [0.05, 0.1) is 5.92 Å². The maximum atomic E-state index is 12.1. The number of aryl methyl sites for hydroxylation is 1. The summed E-state index contributed by atoms with van der Waals surface area (Å²) in [6.45, 7) is 3.81. The van der Waals surface area contributed by atoms with Crippen molar-refractivity contribution < 1.29 is 4.79 Å². The van der Waals surface area contributed by atoms with E-state index in [0.29, 0.717) is 0 Å². The summed E-state index contributed by atoms with van der Waals surface area (Å²) in [4.78, 5) is 20.5. The molecular weight excluding hydrogens is 306 g/mol. The molecule has 1 aliphatic rings. The summed E-state index contributed by atoms with van der Waals surface area (Å²) in [7, 11) is 3.65. The van der Waals surface area contributed by atoms with Gasteiger partial charge in [-0.05, 0) is 47.3 Å². The Hall–Kier alpha value is -1.10. The summed E-state index contributed by atoms with van der Waals surface area (Å²) in [6, 6.07) is 2.07. The molecule has 1 atom stereocenters. The van der Waals surface area contributed by atoms with Gasteiger partial charge in [-0.2, -0.15) is 0 Å². The molecule has 19 heavy (non-hydrogen) atoms. The lowest BCUT2D eigenvalue weighted by Gasteiger charge is -2.34. The highest BCUT2D eigenvalue weighted by atomic mass is 79.9. The number of aromatic nitrogens is 1. The Kier molecular flexibility index (Phi) is 4.45. The van der Waals surface area contributed by atoms with Gasteiger partial charge in [0.25, 0.3) is 0 Å². The second-order valence-electron chi connectivity index (χ2n) is 5.31. The van der Waals surface area contributed by atoms with Gasteiger partial charge in [0.2, 0.25) is 5.91 Å². The van der Waals surface area contributed by atoms with E-state index in [1.165, 1.54) is 0 Å². The number of hydrogen-bond acceptors (Lipinski definition) is 3. The van der Waals surface area contributed by atoms with Crippen LogP contribution in [0.25, 0.3) is 0 Å². The van der Waals surface area contributed by atoms with Crippen molar-refractivity contribution in [3.05, 3.63) is 22.3 Å². The van der Waals surface area contributed by atoms with Crippen LogP contribution in [0.5, 0.6) is 0 Å². The summed E-state index contributed by atoms with van der Waals surface area (Å²) < 4.78 is 0.992. The lowest BCUT2D eigenvalue weighted by molar-refractivity contribution is -0.133. The Balaban J connectivity index is 2.15. The molecule has 1 saturated heterocycles. The third-order valence-electron chi connectivity index (χ3n) is 3.53. The maximum Gasteiger partial charge on any atom is 0.226 e. The first-order valence-electron chi connectivity index (χ1n) is 6.57. The van der Waals surface area contributed by atoms with Gasteiger partial charge in [-0.25, -0.2) is 4.98 Å². The van der Waals surface area contributed by atoms with Crippen molar-refractivity contribution in [3.8, 4) is 0 Å². The van der Waals surface area contributed by atoms with Crippen LogP contribution in [0.15, 0.2) is 16.7 Å². The standard InChI is InChI=1S/C14H20BrN3O/c1-10-7-12(15)8-16-13(10)18-6-4-5-11(9-18)14(19)17(2)3/h7-8,11H,4-6,9H2,1-3H3. The van der Waals surface area contributed by atoms with Crippen LogP contribution in [0.1, 0.15) is 18.4 Å². The zero-order valence-electron chi connectivity index (χ0n) is 11.7. The molecular formula is C14H20BrN3O. The Morgan fingerprint density at radius 2 is 2.26 bits per heavy atom. The van der Waals surface area contributed by atoms with Crippen molar-refractivity contribution >= 4 is 27.7 Å². The van der Waals surface area contributed by atoms with Gasteiger partial charge in [0.1, 0.15) is 5.82 Å². The normalized spacial score (nSPS) is 19.4. The molecule has 0 spiro atoms. The van der Waals surface area contributed by atoms with E-state index < -0.39 is 0 Å². The van der Waals surface area contributed by atoms with Crippen LogP contribution in [-0.2, 0) is 4.79 Å². The van der Waals surface area contributed by atoms with E-state index in [4.69, 9.17) is 0 Å². The zero-order chi connectivity index (χ0) is 14.0. The third kappa shape index (κ3) is 3.26. The molecule has 4 nitrogen and oxygen atoms in total. The van der Waals surface area contributed by atoms with E-state index in [1.54, 1.807) is 4.90 Å². The lowest BCUT2D eigenvalue weighted by Crippen LogP contribution is -2.43. The average Bonchev–Trinajstić information content (AvgIpc) is 2.38. The summed E-state index contributed by atoms with van der Waals surface area (Å²) in [5.74, 6) is 1.31. The molecule has 0 bridgehead atoms. The number of hydrogen-bond donors (Lipinski definition) is 0. The third-order valence-corrected chi connectivity index (χ3v) is 3.96. The van der Waals surface area contributed by atoms with Crippen LogP contribution in [0.2, 0.25) is 0 Å². The van der Waals surface area contributed by atoms with Gasteiger partial charge in [-0.1, -0.05) is 0 Å². The maximum absolute atomic E-state index is 12.1. The highest BCUT2D eigenvalue weighted by molar-refractivity contribution is 9.10. The largest absolute Gasteiger partial charge is 0.356 e. The first-order valence-corrected chi connectivity index (χ1v) is 7.36. The van der Waals surface area contributed by atoms with Gasteiger partial charge in [-0.15, -0.1) is 0 Å². The highest BCUT2D eigenvalue weighted by Crippen LogP contribution is 2.26. The SMILES string of the molecule is Cc1cc(Br)cnc1N1CCCC(C(=O)N(C)C)C1. The fourth-order valence-corrected chi connectivity index (χ4v) is 3.05. The molecule has 0 N–H and O–H groups in total. The molecule has 2 heterocycles. The molecule has 1 aromatic rings. The van der Waals surface area contributed by atoms with Crippen LogP contribution < -0.4 is 4.90 Å². The first kappa shape index (κ1) is 14.3. The van der Waals surface area contributed by atoms with Crippen molar-refractivity contribution in [1.82, 2.24) is 9.88 Å². The second kappa shape index (κ2) is 5.90. The zero-order valence-corrected chi connectivity index (χ0v) is 13.3. The predicted octanol–water partition coefficient (Wildman–Crippen LogP) is 2.46. The Morgan fingerprint density at radius 1 is 1.53 bits per heavy atom. The number of pyridine rings is 1. The molecule has 5 heteroatoms. The molecule has 1 amide bonds. The van der Waals surface area contributed by atoms with Crippen molar-refractivity contribution in [2.45, 2.75) is 19.8 Å². The summed E-state index contributed by atoms with van der Waals surface area (Å²) in [5.41, 5.74) is 1.15.